The van der Waals surface area contributed by atoms with Crippen LogP contribution in [0.5, 0.6) is 17.2 Å². The maximum atomic E-state index is 13.3. The highest BCUT2D eigenvalue weighted by Gasteiger charge is 2.30. The second kappa shape index (κ2) is 13.5. The van der Waals surface area contributed by atoms with Gasteiger partial charge in [0, 0.05) is 0 Å². The third-order valence-corrected chi connectivity index (χ3v) is 5.27. The van der Waals surface area contributed by atoms with Crippen molar-refractivity contribution < 1.29 is 32.6 Å². The summed E-state index contributed by atoms with van der Waals surface area (Å²) in [5.41, 5.74) is 9.32. The Morgan fingerprint density at radius 3 is 1.00 bits per heavy atom. The molecule has 3 aromatic carbocycles. The lowest BCUT2D eigenvalue weighted by molar-refractivity contribution is 0.173. The van der Waals surface area contributed by atoms with Crippen molar-refractivity contribution in [3.8, 4) is 17.2 Å². The predicted molar refractivity (Wildman–Crippen MR) is 135 cm³/mol. The molecule has 188 valence electrons. The van der Waals surface area contributed by atoms with Crippen molar-refractivity contribution in [1.82, 2.24) is 0 Å². The van der Waals surface area contributed by atoms with Gasteiger partial charge in [0.15, 0.2) is 0 Å². The average Bonchev–Trinajstić information content (AvgIpc) is 2.88. The number of hydrogen-bond acceptors (Lipinski definition) is 10. The molecule has 0 saturated carbocycles. The molecule has 0 fully saturated rings. The fourth-order valence-corrected chi connectivity index (χ4v) is 3.50. The monoisotopic (exact) mass is 503 g/mol. The van der Waals surface area contributed by atoms with Crippen LogP contribution < -0.4 is 30.7 Å². The molecule has 0 unspecified atom stereocenters. The molecule has 0 saturated heterocycles. The molecule has 35 heavy (non-hydrogen) atoms. The summed E-state index contributed by atoms with van der Waals surface area (Å²) in [6, 6.07) is 20.7. The van der Waals surface area contributed by atoms with E-state index in [1.54, 1.807) is 72.8 Å². The Morgan fingerprint density at radius 2 is 0.771 bits per heavy atom. The van der Waals surface area contributed by atoms with Gasteiger partial charge < -0.3 is 14.2 Å². The van der Waals surface area contributed by atoms with Crippen molar-refractivity contribution in [2.45, 2.75) is 20.8 Å². The van der Waals surface area contributed by atoms with Gasteiger partial charge in [0.2, 0.25) is 0 Å². The topological polar surface area (TPSA) is 109 Å². The van der Waals surface area contributed by atoms with Crippen LogP contribution in [-0.2, 0) is 18.4 Å². The number of hydrogen-bond donors (Lipinski definition) is 3. The zero-order chi connectivity index (χ0) is 24.9. The second-order valence-corrected chi connectivity index (χ2v) is 8.34. The molecule has 0 heterocycles. The summed E-state index contributed by atoms with van der Waals surface area (Å²) in [4.78, 5) is 0. The molecule has 3 aromatic rings. The zero-order valence-corrected chi connectivity index (χ0v) is 20.7. The Hall–Kier alpha value is -3.43. The lowest BCUT2D eigenvalue weighted by atomic mass is 10.3. The first-order valence-corrected chi connectivity index (χ1v) is 12.6. The van der Waals surface area contributed by atoms with Crippen LogP contribution in [0.1, 0.15) is 20.8 Å². The van der Waals surface area contributed by atoms with Gasteiger partial charge in [0.05, 0.1) is 36.9 Å². The first-order chi connectivity index (χ1) is 17.0. The van der Waals surface area contributed by atoms with Crippen LogP contribution in [0.4, 0.5) is 17.1 Å². The standard InChI is InChI=1S/C24H30N3O7P/c1-4-29-22-13-7-19(8-14-22)25-32-35(28,33-26-20-9-15-23(16-10-20)30-5-2)34-27-21-11-17-24(18-12-21)31-6-3/h7-18,25-27H,4-6H2,1-3H3. The summed E-state index contributed by atoms with van der Waals surface area (Å²) in [6.07, 6.45) is 0. The van der Waals surface area contributed by atoms with Gasteiger partial charge in [-0.1, -0.05) is 0 Å². The van der Waals surface area contributed by atoms with Crippen LogP contribution in [0.25, 0.3) is 0 Å². The van der Waals surface area contributed by atoms with Gasteiger partial charge >= 0.3 is 7.82 Å². The van der Waals surface area contributed by atoms with Crippen molar-refractivity contribution in [3.63, 3.8) is 0 Å². The largest absolute Gasteiger partial charge is 0.539 e. The quantitative estimate of drug-likeness (QED) is 0.159. The van der Waals surface area contributed by atoms with E-state index in [1.165, 1.54) is 0 Å². The van der Waals surface area contributed by atoms with Crippen molar-refractivity contribution in [2.24, 2.45) is 0 Å². The van der Waals surface area contributed by atoms with Crippen molar-refractivity contribution in [1.29, 1.82) is 0 Å². The van der Waals surface area contributed by atoms with E-state index >= 15 is 0 Å². The van der Waals surface area contributed by atoms with Gasteiger partial charge in [-0.25, -0.2) is 4.57 Å². The molecule has 0 bridgehead atoms. The van der Waals surface area contributed by atoms with Crippen molar-refractivity contribution in [3.05, 3.63) is 72.8 Å². The van der Waals surface area contributed by atoms with Gasteiger partial charge in [0.25, 0.3) is 0 Å². The summed E-state index contributed by atoms with van der Waals surface area (Å²) in [5.74, 6) is 2.09. The molecule has 0 aliphatic carbocycles. The summed E-state index contributed by atoms with van der Waals surface area (Å²) in [5, 5.41) is 0. The van der Waals surface area contributed by atoms with E-state index < -0.39 is 7.82 Å². The third kappa shape index (κ3) is 8.70. The van der Waals surface area contributed by atoms with Crippen LogP contribution in [0.3, 0.4) is 0 Å². The van der Waals surface area contributed by atoms with Gasteiger partial charge in [-0.15, -0.1) is 0 Å². The number of anilines is 3. The zero-order valence-electron chi connectivity index (χ0n) is 19.9. The molecule has 0 aromatic heterocycles. The number of benzene rings is 3. The van der Waals surface area contributed by atoms with Gasteiger partial charge in [-0.05, 0) is 93.6 Å². The Morgan fingerprint density at radius 1 is 0.514 bits per heavy atom. The fourth-order valence-electron chi connectivity index (χ4n) is 2.74. The van der Waals surface area contributed by atoms with E-state index in [1.807, 2.05) is 20.8 Å². The smallest absolute Gasteiger partial charge is 0.494 e. The molecule has 11 heteroatoms. The summed E-state index contributed by atoms with van der Waals surface area (Å²) < 4.78 is 45.6. The van der Waals surface area contributed by atoms with E-state index in [2.05, 4.69) is 16.4 Å². The molecule has 3 rings (SSSR count). The van der Waals surface area contributed by atoms with E-state index in [0.29, 0.717) is 54.1 Å². The number of ether oxygens (including phenoxy) is 3. The summed E-state index contributed by atoms with van der Waals surface area (Å²) in [6.45, 7) is 7.34. The molecule has 0 spiro atoms. The number of phosphoric acid groups is 1. The van der Waals surface area contributed by atoms with Gasteiger partial charge in [-0.3, -0.25) is 16.4 Å². The Kier molecular flexibility index (Phi) is 10.1. The van der Waals surface area contributed by atoms with Crippen LogP contribution >= 0.6 is 7.82 Å². The lowest BCUT2D eigenvalue weighted by Crippen LogP contribution is -2.11. The first-order valence-electron chi connectivity index (χ1n) is 11.2. The predicted octanol–water partition coefficient (Wildman–Crippen LogP) is 6.42. The normalized spacial score (nSPS) is 10.9. The Balaban J connectivity index is 1.65. The molecular weight excluding hydrogens is 473 g/mol. The highest BCUT2D eigenvalue weighted by molar-refractivity contribution is 7.48. The molecular formula is C24H30N3O7P. The van der Waals surface area contributed by atoms with Crippen LogP contribution in [-0.4, -0.2) is 19.8 Å². The molecule has 10 nitrogen and oxygen atoms in total. The molecule has 3 N–H and O–H groups in total. The first kappa shape index (κ1) is 26.2. The van der Waals surface area contributed by atoms with Crippen LogP contribution in [0, 0.1) is 0 Å². The second-order valence-electron chi connectivity index (χ2n) is 6.90. The van der Waals surface area contributed by atoms with Crippen LogP contribution in [0.2, 0.25) is 0 Å². The highest BCUT2D eigenvalue weighted by atomic mass is 31.2. The summed E-state index contributed by atoms with van der Waals surface area (Å²) >= 11 is 0. The van der Waals surface area contributed by atoms with E-state index in [9.17, 15) is 4.57 Å². The third-order valence-electron chi connectivity index (χ3n) is 4.32. The Bertz CT molecular complexity index is 927. The van der Waals surface area contributed by atoms with Gasteiger partial charge in [0.1, 0.15) is 17.2 Å². The van der Waals surface area contributed by atoms with E-state index in [0.717, 1.165) is 0 Å². The van der Waals surface area contributed by atoms with Crippen LogP contribution in [0.15, 0.2) is 72.8 Å². The minimum atomic E-state index is -4.22. The number of rotatable bonds is 15. The van der Waals surface area contributed by atoms with Gasteiger partial charge in [-0.2, -0.15) is 13.9 Å². The maximum Gasteiger partial charge on any atom is 0.539 e. The molecule has 0 radical (unpaired) electrons. The van der Waals surface area contributed by atoms with E-state index in [4.69, 9.17) is 28.1 Å². The minimum absolute atomic E-state index is 0.517. The van der Waals surface area contributed by atoms with E-state index in [-0.39, 0.29) is 0 Å². The average molecular weight is 503 g/mol. The molecule has 0 aliphatic rings. The maximum absolute atomic E-state index is 13.3. The molecule has 0 atom stereocenters. The lowest BCUT2D eigenvalue weighted by Gasteiger charge is -2.19. The molecule has 0 amide bonds. The number of nitrogens with one attached hydrogen (secondary N) is 3. The fraction of sp³-hybridized carbons (Fsp3) is 0.250. The highest BCUT2D eigenvalue weighted by Crippen LogP contribution is 2.49. The van der Waals surface area contributed by atoms with Crippen molar-refractivity contribution in [2.75, 3.05) is 36.3 Å². The molecule has 0 aliphatic heterocycles. The Labute approximate surface area is 204 Å². The summed E-state index contributed by atoms with van der Waals surface area (Å²) in [7, 11) is -4.22. The minimum Gasteiger partial charge on any atom is -0.494 e. The SMILES string of the molecule is CCOc1ccc(NOP(=O)(ONc2ccc(OCC)cc2)ONc2ccc(OCC)cc2)cc1. The van der Waals surface area contributed by atoms with Crippen molar-refractivity contribution >= 4 is 24.9 Å².